The SMILES string of the molecule is CC1CC(C(=O)N(C)Cc2cc(C#CCN)cs2)CO1. The second-order valence-electron chi connectivity index (χ2n) is 5.08. The zero-order valence-corrected chi connectivity index (χ0v) is 12.7. The first-order valence-electron chi connectivity index (χ1n) is 6.73. The summed E-state index contributed by atoms with van der Waals surface area (Å²) < 4.78 is 5.46. The monoisotopic (exact) mass is 292 g/mol. The number of rotatable bonds is 3. The van der Waals surface area contributed by atoms with Crippen LogP contribution in [0, 0.1) is 17.8 Å². The molecule has 2 rings (SSSR count). The van der Waals surface area contributed by atoms with Gasteiger partial charge in [-0.2, -0.15) is 0 Å². The number of hydrogen-bond donors (Lipinski definition) is 1. The molecule has 20 heavy (non-hydrogen) atoms. The lowest BCUT2D eigenvalue weighted by atomic mass is 10.1. The molecular weight excluding hydrogens is 272 g/mol. The number of thiophene rings is 1. The molecule has 0 aliphatic carbocycles. The molecule has 5 heteroatoms. The van der Waals surface area contributed by atoms with Gasteiger partial charge >= 0.3 is 0 Å². The van der Waals surface area contributed by atoms with Gasteiger partial charge in [-0.3, -0.25) is 4.79 Å². The lowest BCUT2D eigenvalue weighted by Crippen LogP contribution is -2.32. The summed E-state index contributed by atoms with van der Waals surface area (Å²) in [6, 6.07) is 2.02. The highest BCUT2D eigenvalue weighted by Crippen LogP contribution is 2.22. The normalized spacial score (nSPS) is 21.4. The highest BCUT2D eigenvalue weighted by Gasteiger charge is 2.30. The van der Waals surface area contributed by atoms with Crippen molar-refractivity contribution < 1.29 is 9.53 Å². The van der Waals surface area contributed by atoms with Gasteiger partial charge in [-0.1, -0.05) is 11.8 Å². The maximum Gasteiger partial charge on any atom is 0.228 e. The molecule has 4 nitrogen and oxygen atoms in total. The first kappa shape index (κ1) is 15.0. The molecule has 0 spiro atoms. The van der Waals surface area contributed by atoms with E-state index in [1.807, 2.05) is 25.4 Å². The molecule has 1 aliphatic rings. The fourth-order valence-electron chi connectivity index (χ4n) is 2.29. The molecule has 2 unspecified atom stereocenters. The summed E-state index contributed by atoms with van der Waals surface area (Å²) in [5, 5.41) is 2.00. The van der Waals surface area contributed by atoms with E-state index in [0.29, 0.717) is 19.7 Å². The molecule has 1 aromatic rings. The Morgan fingerprint density at radius 1 is 1.65 bits per heavy atom. The Labute approximate surface area is 123 Å². The molecular formula is C15H20N2O2S. The molecule has 1 aliphatic heterocycles. The minimum atomic E-state index is 0.00599. The first-order valence-corrected chi connectivity index (χ1v) is 7.61. The van der Waals surface area contributed by atoms with Gasteiger partial charge in [-0.25, -0.2) is 0 Å². The molecule has 0 aromatic carbocycles. The van der Waals surface area contributed by atoms with Crippen molar-refractivity contribution in [3.63, 3.8) is 0 Å². The van der Waals surface area contributed by atoms with Gasteiger partial charge in [-0.05, 0) is 19.4 Å². The summed E-state index contributed by atoms with van der Waals surface area (Å²) in [5.74, 6) is 6.00. The molecule has 2 N–H and O–H groups in total. The maximum absolute atomic E-state index is 12.3. The van der Waals surface area contributed by atoms with Crippen molar-refractivity contribution in [1.82, 2.24) is 4.90 Å². The Hall–Kier alpha value is -1.35. The van der Waals surface area contributed by atoms with Crippen molar-refractivity contribution in [2.75, 3.05) is 20.2 Å². The number of carbonyl (C=O) groups is 1. The summed E-state index contributed by atoms with van der Waals surface area (Å²) >= 11 is 1.62. The first-order chi connectivity index (χ1) is 9.60. The van der Waals surface area contributed by atoms with E-state index in [-0.39, 0.29) is 17.9 Å². The van der Waals surface area contributed by atoms with Crippen molar-refractivity contribution in [1.29, 1.82) is 0 Å². The maximum atomic E-state index is 12.3. The number of amides is 1. The van der Waals surface area contributed by atoms with E-state index in [1.54, 1.807) is 16.2 Å². The minimum Gasteiger partial charge on any atom is -0.378 e. The summed E-state index contributed by atoms with van der Waals surface area (Å²) in [6.07, 6.45) is 1.01. The Kier molecular flexibility index (Phi) is 5.18. The van der Waals surface area contributed by atoms with E-state index >= 15 is 0 Å². The van der Waals surface area contributed by atoms with Gasteiger partial charge in [0, 0.05) is 22.9 Å². The zero-order chi connectivity index (χ0) is 14.5. The van der Waals surface area contributed by atoms with Crippen molar-refractivity contribution >= 4 is 17.2 Å². The Morgan fingerprint density at radius 2 is 2.45 bits per heavy atom. The van der Waals surface area contributed by atoms with Crippen LogP contribution in [-0.2, 0) is 16.1 Å². The average Bonchev–Trinajstić information content (AvgIpc) is 3.04. The third kappa shape index (κ3) is 3.83. The van der Waals surface area contributed by atoms with Crippen LogP contribution in [0.1, 0.15) is 23.8 Å². The second-order valence-corrected chi connectivity index (χ2v) is 6.07. The Balaban J connectivity index is 1.92. The van der Waals surface area contributed by atoms with Crippen molar-refractivity contribution in [2.24, 2.45) is 11.7 Å². The van der Waals surface area contributed by atoms with Gasteiger partial charge < -0.3 is 15.4 Å². The van der Waals surface area contributed by atoms with Gasteiger partial charge in [-0.15, -0.1) is 11.3 Å². The predicted molar refractivity (Wildman–Crippen MR) is 80.2 cm³/mol. The Bertz CT molecular complexity index is 529. The van der Waals surface area contributed by atoms with E-state index in [9.17, 15) is 4.79 Å². The highest BCUT2D eigenvalue weighted by atomic mass is 32.1. The largest absolute Gasteiger partial charge is 0.378 e. The van der Waals surface area contributed by atoms with E-state index in [1.165, 1.54) is 0 Å². The summed E-state index contributed by atoms with van der Waals surface area (Å²) in [4.78, 5) is 15.2. The summed E-state index contributed by atoms with van der Waals surface area (Å²) in [5.41, 5.74) is 6.32. The Morgan fingerprint density at radius 3 is 3.10 bits per heavy atom. The topological polar surface area (TPSA) is 55.6 Å². The van der Waals surface area contributed by atoms with E-state index < -0.39 is 0 Å². The minimum absolute atomic E-state index is 0.00599. The van der Waals surface area contributed by atoms with E-state index in [4.69, 9.17) is 10.5 Å². The van der Waals surface area contributed by atoms with Gasteiger partial charge in [0.25, 0.3) is 0 Å². The van der Waals surface area contributed by atoms with Crippen LogP contribution in [0.5, 0.6) is 0 Å². The molecule has 2 atom stereocenters. The molecule has 2 heterocycles. The fraction of sp³-hybridized carbons (Fsp3) is 0.533. The predicted octanol–water partition coefficient (Wildman–Crippen LogP) is 1.44. The van der Waals surface area contributed by atoms with Crippen LogP contribution < -0.4 is 5.73 Å². The molecule has 1 saturated heterocycles. The molecule has 0 bridgehead atoms. The molecule has 1 fully saturated rings. The quantitative estimate of drug-likeness (QED) is 0.858. The van der Waals surface area contributed by atoms with Gasteiger partial charge in [0.1, 0.15) is 0 Å². The van der Waals surface area contributed by atoms with Crippen molar-refractivity contribution in [3.05, 3.63) is 21.9 Å². The number of nitrogens with two attached hydrogens (primary N) is 1. The van der Waals surface area contributed by atoms with Crippen molar-refractivity contribution in [2.45, 2.75) is 26.0 Å². The number of carbonyl (C=O) groups excluding carboxylic acids is 1. The second kappa shape index (κ2) is 6.89. The lowest BCUT2D eigenvalue weighted by Gasteiger charge is -2.19. The fourth-order valence-corrected chi connectivity index (χ4v) is 3.16. The van der Waals surface area contributed by atoms with Crippen LogP contribution in [-0.4, -0.2) is 37.1 Å². The number of ether oxygens (including phenoxy) is 1. The van der Waals surface area contributed by atoms with Gasteiger partial charge in [0.05, 0.1) is 31.7 Å². The standard InChI is InChI=1S/C15H20N2O2S/c1-11-6-13(9-19-11)15(18)17(2)8-14-7-12(10-20-14)4-3-5-16/h7,10-11,13H,5-6,8-9,16H2,1-2H3. The van der Waals surface area contributed by atoms with Crippen LogP contribution in [0.25, 0.3) is 0 Å². The number of hydrogen-bond acceptors (Lipinski definition) is 4. The third-order valence-electron chi connectivity index (χ3n) is 3.31. The summed E-state index contributed by atoms with van der Waals surface area (Å²) in [6.45, 7) is 3.54. The van der Waals surface area contributed by atoms with Crippen LogP contribution in [0.2, 0.25) is 0 Å². The number of nitrogens with zero attached hydrogens (tertiary/aromatic N) is 1. The highest BCUT2D eigenvalue weighted by molar-refractivity contribution is 7.10. The lowest BCUT2D eigenvalue weighted by molar-refractivity contribution is -0.134. The molecule has 1 aromatic heterocycles. The van der Waals surface area contributed by atoms with Crippen LogP contribution in [0.15, 0.2) is 11.4 Å². The van der Waals surface area contributed by atoms with E-state index in [0.717, 1.165) is 16.9 Å². The third-order valence-corrected chi connectivity index (χ3v) is 4.23. The van der Waals surface area contributed by atoms with E-state index in [2.05, 4.69) is 11.8 Å². The van der Waals surface area contributed by atoms with Crippen LogP contribution >= 0.6 is 11.3 Å². The summed E-state index contributed by atoms with van der Waals surface area (Å²) in [7, 11) is 1.84. The van der Waals surface area contributed by atoms with Crippen LogP contribution in [0.4, 0.5) is 0 Å². The molecule has 0 radical (unpaired) electrons. The molecule has 1 amide bonds. The molecule has 108 valence electrons. The van der Waals surface area contributed by atoms with Crippen molar-refractivity contribution in [3.8, 4) is 11.8 Å². The van der Waals surface area contributed by atoms with Crippen LogP contribution in [0.3, 0.4) is 0 Å². The average molecular weight is 292 g/mol. The van der Waals surface area contributed by atoms with Gasteiger partial charge in [0.2, 0.25) is 5.91 Å². The van der Waals surface area contributed by atoms with Gasteiger partial charge in [0.15, 0.2) is 0 Å². The zero-order valence-electron chi connectivity index (χ0n) is 11.9. The molecule has 0 saturated carbocycles. The smallest absolute Gasteiger partial charge is 0.228 e.